The van der Waals surface area contributed by atoms with Gasteiger partial charge in [-0.3, -0.25) is 0 Å². The van der Waals surface area contributed by atoms with Crippen LogP contribution in [0.2, 0.25) is 0 Å². The Hall–Kier alpha value is -1.02. The van der Waals surface area contributed by atoms with E-state index in [1.54, 1.807) is 0 Å². The summed E-state index contributed by atoms with van der Waals surface area (Å²) in [4.78, 5) is 2.41. The van der Waals surface area contributed by atoms with E-state index in [4.69, 9.17) is 0 Å². The number of rotatable bonds is 6. The van der Waals surface area contributed by atoms with Gasteiger partial charge in [0.2, 0.25) is 0 Å². The molecule has 18 heavy (non-hydrogen) atoms. The van der Waals surface area contributed by atoms with Gasteiger partial charge in [0.25, 0.3) is 0 Å². The Balaban J connectivity index is 1.62. The van der Waals surface area contributed by atoms with Gasteiger partial charge >= 0.3 is 0 Å². The molecule has 2 fully saturated rings. The SMILES string of the molecule is Cc1cc(N(C)CC2CC2)ccc1CNC1CC1. The number of nitrogens with one attached hydrogen (secondary N) is 1. The lowest BCUT2D eigenvalue weighted by Crippen LogP contribution is -2.20. The molecule has 2 aliphatic rings. The van der Waals surface area contributed by atoms with E-state index in [-0.39, 0.29) is 0 Å². The summed E-state index contributed by atoms with van der Waals surface area (Å²) < 4.78 is 0. The van der Waals surface area contributed by atoms with Gasteiger partial charge in [0.1, 0.15) is 0 Å². The minimum atomic E-state index is 0.793. The standard InChI is InChI=1S/C16H24N2/c1-12-9-16(18(2)11-13-3-4-13)8-5-14(12)10-17-15-6-7-15/h5,8-9,13,15,17H,3-4,6-7,10-11H2,1-2H3. The minimum absolute atomic E-state index is 0.793. The highest BCUT2D eigenvalue weighted by molar-refractivity contribution is 5.50. The Morgan fingerprint density at radius 1 is 1.22 bits per heavy atom. The zero-order valence-electron chi connectivity index (χ0n) is 11.6. The van der Waals surface area contributed by atoms with E-state index in [0.29, 0.717) is 0 Å². The fraction of sp³-hybridized carbons (Fsp3) is 0.625. The van der Waals surface area contributed by atoms with Gasteiger partial charge in [-0.2, -0.15) is 0 Å². The van der Waals surface area contributed by atoms with Crippen LogP contribution in [-0.4, -0.2) is 19.6 Å². The van der Waals surface area contributed by atoms with Crippen LogP contribution in [0.5, 0.6) is 0 Å². The smallest absolute Gasteiger partial charge is 0.0366 e. The van der Waals surface area contributed by atoms with E-state index in [1.807, 2.05) is 0 Å². The largest absolute Gasteiger partial charge is 0.374 e. The summed E-state index contributed by atoms with van der Waals surface area (Å²) in [6.45, 7) is 4.49. The highest BCUT2D eigenvalue weighted by atomic mass is 15.1. The van der Waals surface area contributed by atoms with Gasteiger partial charge in [0.15, 0.2) is 0 Å². The second kappa shape index (κ2) is 4.93. The molecule has 0 atom stereocenters. The first-order chi connectivity index (χ1) is 8.72. The fourth-order valence-electron chi connectivity index (χ4n) is 2.45. The summed E-state index contributed by atoms with van der Waals surface area (Å²) in [5.74, 6) is 0.950. The number of hydrogen-bond acceptors (Lipinski definition) is 2. The van der Waals surface area contributed by atoms with Crippen molar-refractivity contribution in [2.45, 2.75) is 45.2 Å². The summed E-state index contributed by atoms with van der Waals surface area (Å²) in [5.41, 5.74) is 4.24. The summed E-state index contributed by atoms with van der Waals surface area (Å²) in [5, 5.41) is 3.59. The van der Waals surface area contributed by atoms with E-state index in [0.717, 1.165) is 18.5 Å². The number of hydrogen-bond donors (Lipinski definition) is 1. The Kier molecular flexibility index (Phi) is 3.29. The molecule has 2 saturated carbocycles. The molecule has 0 heterocycles. The van der Waals surface area contributed by atoms with Crippen LogP contribution in [-0.2, 0) is 6.54 Å². The Bertz CT molecular complexity index is 419. The van der Waals surface area contributed by atoms with Crippen LogP contribution in [0.1, 0.15) is 36.8 Å². The molecule has 3 rings (SSSR count). The van der Waals surface area contributed by atoms with E-state index >= 15 is 0 Å². The highest BCUT2D eigenvalue weighted by Crippen LogP contribution is 2.31. The summed E-state index contributed by atoms with van der Waals surface area (Å²) in [6.07, 6.45) is 5.57. The lowest BCUT2D eigenvalue weighted by Gasteiger charge is -2.20. The lowest BCUT2D eigenvalue weighted by molar-refractivity contribution is 0.685. The first kappa shape index (κ1) is 12.0. The Morgan fingerprint density at radius 3 is 2.61 bits per heavy atom. The normalized spacial score (nSPS) is 19.0. The number of anilines is 1. The first-order valence-electron chi connectivity index (χ1n) is 7.26. The third-order valence-corrected chi connectivity index (χ3v) is 4.15. The average Bonchev–Trinajstić information content (AvgIpc) is 3.22. The van der Waals surface area contributed by atoms with Gasteiger partial charge in [0.05, 0.1) is 0 Å². The van der Waals surface area contributed by atoms with Gasteiger partial charge < -0.3 is 10.2 Å². The van der Waals surface area contributed by atoms with Gasteiger partial charge in [-0.25, -0.2) is 0 Å². The van der Waals surface area contributed by atoms with Gasteiger partial charge in [-0.05, 0) is 61.8 Å². The fourth-order valence-corrected chi connectivity index (χ4v) is 2.45. The summed E-state index contributed by atoms with van der Waals surface area (Å²) in [7, 11) is 2.22. The zero-order valence-corrected chi connectivity index (χ0v) is 11.6. The van der Waals surface area contributed by atoms with E-state index < -0.39 is 0 Å². The van der Waals surface area contributed by atoms with Crippen molar-refractivity contribution < 1.29 is 0 Å². The van der Waals surface area contributed by atoms with Crippen LogP contribution in [0.4, 0.5) is 5.69 Å². The van der Waals surface area contributed by atoms with Gasteiger partial charge in [0, 0.05) is 31.9 Å². The van der Waals surface area contributed by atoms with E-state index in [1.165, 1.54) is 49.0 Å². The van der Waals surface area contributed by atoms with Crippen LogP contribution >= 0.6 is 0 Å². The van der Waals surface area contributed by atoms with E-state index in [2.05, 4.69) is 42.4 Å². The summed E-state index contributed by atoms with van der Waals surface area (Å²) in [6, 6.07) is 7.70. The highest BCUT2D eigenvalue weighted by Gasteiger charge is 2.23. The van der Waals surface area contributed by atoms with Crippen LogP contribution in [0.15, 0.2) is 18.2 Å². The molecule has 0 unspecified atom stereocenters. The first-order valence-corrected chi connectivity index (χ1v) is 7.26. The molecule has 1 aromatic rings. The maximum atomic E-state index is 3.59. The van der Waals surface area contributed by atoms with Crippen molar-refractivity contribution in [2.75, 3.05) is 18.5 Å². The van der Waals surface area contributed by atoms with Crippen LogP contribution < -0.4 is 10.2 Å². The third-order valence-electron chi connectivity index (χ3n) is 4.15. The van der Waals surface area contributed by atoms with Crippen molar-refractivity contribution in [3.63, 3.8) is 0 Å². The van der Waals surface area contributed by atoms with Gasteiger partial charge in [-0.1, -0.05) is 6.07 Å². The second-order valence-electron chi connectivity index (χ2n) is 6.09. The molecule has 0 bridgehead atoms. The van der Waals surface area contributed by atoms with Crippen LogP contribution in [0.25, 0.3) is 0 Å². The lowest BCUT2D eigenvalue weighted by atomic mass is 10.1. The molecule has 2 nitrogen and oxygen atoms in total. The second-order valence-corrected chi connectivity index (χ2v) is 6.09. The van der Waals surface area contributed by atoms with Crippen LogP contribution in [0, 0.1) is 12.8 Å². The molecule has 2 heteroatoms. The maximum absolute atomic E-state index is 3.59. The topological polar surface area (TPSA) is 15.3 Å². The maximum Gasteiger partial charge on any atom is 0.0366 e. The molecule has 0 radical (unpaired) electrons. The number of nitrogens with zero attached hydrogens (tertiary/aromatic N) is 1. The monoisotopic (exact) mass is 244 g/mol. The Morgan fingerprint density at radius 2 is 2.00 bits per heavy atom. The van der Waals surface area contributed by atoms with Crippen molar-refractivity contribution in [3.05, 3.63) is 29.3 Å². The number of aryl methyl sites for hydroxylation is 1. The molecular weight excluding hydrogens is 220 g/mol. The molecule has 1 N–H and O–H groups in total. The Labute approximate surface area is 110 Å². The minimum Gasteiger partial charge on any atom is -0.374 e. The molecule has 98 valence electrons. The van der Waals surface area contributed by atoms with Crippen molar-refractivity contribution in [1.82, 2.24) is 5.32 Å². The molecule has 1 aromatic carbocycles. The molecule has 0 spiro atoms. The van der Waals surface area contributed by atoms with Crippen molar-refractivity contribution in [3.8, 4) is 0 Å². The molecule has 0 aromatic heterocycles. The predicted molar refractivity (Wildman–Crippen MR) is 77.0 cm³/mol. The molecule has 2 aliphatic carbocycles. The summed E-state index contributed by atoms with van der Waals surface area (Å²) >= 11 is 0. The molecule has 0 saturated heterocycles. The molecular formula is C16H24N2. The zero-order chi connectivity index (χ0) is 12.5. The molecule has 0 aliphatic heterocycles. The molecule has 0 amide bonds. The van der Waals surface area contributed by atoms with Crippen molar-refractivity contribution in [2.24, 2.45) is 5.92 Å². The third kappa shape index (κ3) is 3.05. The van der Waals surface area contributed by atoms with Crippen LogP contribution in [0.3, 0.4) is 0 Å². The quantitative estimate of drug-likeness (QED) is 0.827. The van der Waals surface area contributed by atoms with Gasteiger partial charge in [-0.15, -0.1) is 0 Å². The predicted octanol–water partition coefficient (Wildman–Crippen LogP) is 3.09. The number of benzene rings is 1. The van der Waals surface area contributed by atoms with E-state index in [9.17, 15) is 0 Å². The van der Waals surface area contributed by atoms with Crippen molar-refractivity contribution in [1.29, 1.82) is 0 Å². The van der Waals surface area contributed by atoms with Crippen molar-refractivity contribution >= 4 is 5.69 Å². The average molecular weight is 244 g/mol.